The predicted molar refractivity (Wildman–Crippen MR) is 114 cm³/mol. The number of fused-ring (bicyclic) bond motifs is 1. The van der Waals surface area contributed by atoms with Gasteiger partial charge < -0.3 is 4.90 Å². The van der Waals surface area contributed by atoms with Gasteiger partial charge in [-0.15, -0.1) is 11.3 Å². The summed E-state index contributed by atoms with van der Waals surface area (Å²) in [5.74, 6) is 0.874. The predicted octanol–water partition coefficient (Wildman–Crippen LogP) is 4.79. The average Bonchev–Trinajstić information content (AvgIpc) is 3.08. The molecule has 0 aliphatic carbocycles. The summed E-state index contributed by atoms with van der Waals surface area (Å²) in [5, 5.41) is 2.80. The van der Waals surface area contributed by atoms with Crippen LogP contribution >= 0.6 is 27.3 Å². The number of aromatic nitrogens is 2. The summed E-state index contributed by atoms with van der Waals surface area (Å²) >= 11 is 5.02. The highest BCUT2D eigenvalue weighted by Crippen LogP contribution is 2.31. The quantitative estimate of drug-likeness (QED) is 0.537. The number of halogens is 1. The van der Waals surface area contributed by atoms with E-state index >= 15 is 0 Å². The highest BCUT2D eigenvalue weighted by Gasteiger charge is 2.16. The van der Waals surface area contributed by atoms with Crippen LogP contribution in [-0.2, 0) is 13.0 Å². The van der Waals surface area contributed by atoms with Crippen LogP contribution in [0, 0.1) is 0 Å². The molecule has 3 aromatic rings. The number of hydrogen-bond donors (Lipinski definition) is 0. The van der Waals surface area contributed by atoms with E-state index in [9.17, 15) is 4.79 Å². The van der Waals surface area contributed by atoms with Gasteiger partial charge in [0.2, 0.25) is 0 Å². The lowest BCUT2D eigenvalue weighted by molar-refractivity contribution is 0.287. The van der Waals surface area contributed by atoms with E-state index in [1.54, 1.807) is 11.3 Å². The van der Waals surface area contributed by atoms with Gasteiger partial charge in [-0.2, -0.15) is 0 Å². The van der Waals surface area contributed by atoms with Gasteiger partial charge in [0.1, 0.15) is 10.7 Å². The van der Waals surface area contributed by atoms with Crippen molar-refractivity contribution in [3.63, 3.8) is 0 Å². The third-order valence-corrected chi connectivity index (χ3v) is 6.18. The van der Waals surface area contributed by atoms with Crippen molar-refractivity contribution in [2.75, 3.05) is 19.6 Å². The molecule has 0 saturated heterocycles. The second-order valence-corrected chi connectivity index (χ2v) is 7.98. The molecule has 6 heteroatoms. The summed E-state index contributed by atoms with van der Waals surface area (Å²) < 4.78 is 2.90. The summed E-state index contributed by atoms with van der Waals surface area (Å²) in [6.07, 6.45) is 0.759. The topological polar surface area (TPSA) is 38.1 Å². The molecule has 0 bridgehead atoms. The van der Waals surface area contributed by atoms with E-state index in [-0.39, 0.29) is 5.56 Å². The number of likely N-dealkylation sites (N-methyl/N-ethyl adjacent to an activating group) is 1. The monoisotopic (exact) mass is 433 g/mol. The zero-order valence-corrected chi connectivity index (χ0v) is 17.9. The van der Waals surface area contributed by atoms with E-state index < -0.39 is 0 Å². The summed E-state index contributed by atoms with van der Waals surface area (Å²) in [6.45, 7) is 9.89. The van der Waals surface area contributed by atoms with Crippen molar-refractivity contribution in [3.05, 3.63) is 50.3 Å². The number of hydrogen-bond acceptors (Lipinski definition) is 4. The molecule has 0 N–H and O–H groups in total. The maximum Gasteiger partial charge on any atom is 0.262 e. The van der Waals surface area contributed by atoms with Crippen LogP contribution in [0.3, 0.4) is 0 Å². The smallest absolute Gasteiger partial charge is 0.262 e. The summed E-state index contributed by atoms with van der Waals surface area (Å²) in [7, 11) is 0. The minimum Gasteiger partial charge on any atom is -0.302 e. The van der Waals surface area contributed by atoms with E-state index in [1.165, 1.54) is 0 Å². The largest absolute Gasteiger partial charge is 0.302 e. The number of benzene rings is 1. The first-order chi connectivity index (χ1) is 12.6. The van der Waals surface area contributed by atoms with Crippen molar-refractivity contribution in [1.29, 1.82) is 0 Å². The van der Waals surface area contributed by atoms with Crippen LogP contribution < -0.4 is 5.56 Å². The van der Waals surface area contributed by atoms with Crippen LogP contribution in [0.5, 0.6) is 0 Å². The molecule has 0 aliphatic heterocycles. The minimum absolute atomic E-state index is 0.0816. The van der Waals surface area contributed by atoms with Gasteiger partial charge in [0, 0.05) is 34.9 Å². The number of aryl methyl sites for hydroxylation is 1. The van der Waals surface area contributed by atoms with Gasteiger partial charge >= 0.3 is 0 Å². The summed E-state index contributed by atoms with van der Waals surface area (Å²) in [4.78, 5) is 21.3. The van der Waals surface area contributed by atoms with Gasteiger partial charge in [-0.3, -0.25) is 9.36 Å². The molecule has 0 radical (unpaired) electrons. The molecule has 0 spiro atoms. The zero-order valence-electron chi connectivity index (χ0n) is 15.5. The Morgan fingerprint density at radius 2 is 1.85 bits per heavy atom. The third-order valence-electron chi connectivity index (χ3n) is 4.78. The number of rotatable bonds is 7. The standard InChI is InChI=1S/C20H24BrN3OS/c1-4-17-22-19-18(20(25)24(17)12-11-23(5-2)6-3)16(13-26-19)14-7-9-15(21)10-8-14/h7-10,13H,4-6,11-12H2,1-3H3. The van der Waals surface area contributed by atoms with Crippen LogP contribution in [0.15, 0.2) is 38.9 Å². The van der Waals surface area contributed by atoms with E-state index in [4.69, 9.17) is 4.98 Å². The van der Waals surface area contributed by atoms with Crippen molar-refractivity contribution in [1.82, 2.24) is 14.5 Å². The zero-order chi connectivity index (χ0) is 18.7. The van der Waals surface area contributed by atoms with Gasteiger partial charge in [-0.25, -0.2) is 4.98 Å². The third kappa shape index (κ3) is 3.77. The highest BCUT2D eigenvalue weighted by molar-refractivity contribution is 9.10. The minimum atomic E-state index is 0.0816. The van der Waals surface area contributed by atoms with Crippen molar-refractivity contribution < 1.29 is 0 Å². The van der Waals surface area contributed by atoms with Crippen LogP contribution in [0.2, 0.25) is 0 Å². The summed E-state index contributed by atoms with van der Waals surface area (Å²) in [5.41, 5.74) is 2.12. The van der Waals surface area contributed by atoms with Crippen molar-refractivity contribution in [2.24, 2.45) is 0 Å². The lowest BCUT2D eigenvalue weighted by atomic mass is 10.1. The molecule has 4 nitrogen and oxygen atoms in total. The van der Waals surface area contributed by atoms with Crippen LogP contribution in [0.1, 0.15) is 26.6 Å². The van der Waals surface area contributed by atoms with Crippen LogP contribution in [0.25, 0.3) is 21.3 Å². The Labute approximate surface area is 166 Å². The molecule has 1 aromatic carbocycles. The molecule has 2 aromatic heterocycles. The van der Waals surface area contributed by atoms with E-state index in [1.807, 2.05) is 28.8 Å². The lowest BCUT2D eigenvalue weighted by Crippen LogP contribution is -2.33. The molecule has 0 saturated carbocycles. The van der Waals surface area contributed by atoms with Crippen LogP contribution in [0.4, 0.5) is 0 Å². The second kappa shape index (κ2) is 8.46. The van der Waals surface area contributed by atoms with Gasteiger partial charge in [0.25, 0.3) is 5.56 Å². The molecule has 138 valence electrons. The van der Waals surface area contributed by atoms with Gasteiger partial charge in [-0.05, 0) is 30.8 Å². The maximum atomic E-state index is 13.3. The first-order valence-corrected chi connectivity index (χ1v) is 10.7. The SMILES string of the molecule is CCc1nc2scc(-c3ccc(Br)cc3)c2c(=O)n1CCN(CC)CC. The normalized spacial score (nSPS) is 11.6. The van der Waals surface area contributed by atoms with Gasteiger partial charge in [-0.1, -0.05) is 48.8 Å². The Morgan fingerprint density at radius 1 is 1.15 bits per heavy atom. The molecule has 0 amide bonds. The fraction of sp³-hybridized carbons (Fsp3) is 0.400. The average molecular weight is 434 g/mol. The first kappa shape index (κ1) is 19.3. The summed E-state index contributed by atoms with van der Waals surface area (Å²) in [6, 6.07) is 8.09. The molecular weight excluding hydrogens is 410 g/mol. The van der Waals surface area contributed by atoms with Crippen molar-refractivity contribution in [2.45, 2.75) is 33.7 Å². The Hall–Kier alpha value is -1.50. The van der Waals surface area contributed by atoms with Gasteiger partial charge in [0.15, 0.2) is 0 Å². The maximum absolute atomic E-state index is 13.3. The Kier molecular flexibility index (Phi) is 6.27. The Morgan fingerprint density at radius 3 is 2.46 bits per heavy atom. The molecular formula is C20H24BrN3OS. The molecule has 0 unspecified atom stereocenters. The molecule has 0 aliphatic rings. The Balaban J connectivity index is 2.09. The van der Waals surface area contributed by atoms with Crippen molar-refractivity contribution in [3.8, 4) is 11.1 Å². The van der Waals surface area contributed by atoms with Crippen LogP contribution in [-0.4, -0.2) is 34.1 Å². The van der Waals surface area contributed by atoms with Gasteiger partial charge in [0.05, 0.1) is 5.39 Å². The van der Waals surface area contributed by atoms with E-state index in [0.29, 0.717) is 6.54 Å². The fourth-order valence-corrected chi connectivity index (χ4v) is 4.41. The molecule has 3 rings (SSSR count). The second-order valence-electron chi connectivity index (χ2n) is 6.20. The molecule has 2 heterocycles. The van der Waals surface area contributed by atoms with Crippen molar-refractivity contribution >= 4 is 37.5 Å². The first-order valence-electron chi connectivity index (χ1n) is 9.08. The molecule has 0 atom stereocenters. The fourth-order valence-electron chi connectivity index (χ4n) is 3.19. The number of nitrogens with zero attached hydrogens (tertiary/aromatic N) is 3. The molecule has 0 fully saturated rings. The molecule has 26 heavy (non-hydrogen) atoms. The lowest BCUT2D eigenvalue weighted by Gasteiger charge is -2.19. The highest BCUT2D eigenvalue weighted by atomic mass is 79.9. The van der Waals surface area contributed by atoms with E-state index in [2.05, 4.69) is 47.0 Å². The van der Waals surface area contributed by atoms with E-state index in [0.717, 1.165) is 57.7 Å². The number of thiophene rings is 1. The Bertz CT molecular complexity index is 942.